The number of rotatable bonds is 5. The number of imide groups is 1. The van der Waals surface area contributed by atoms with Gasteiger partial charge in [0.1, 0.15) is 11.3 Å². The molecule has 3 aromatic rings. The lowest BCUT2D eigenvalue weighted by Crippen LogP contribution is -2.43. The second-order valence-electron chi connectivity index (χ2n) is 6.65. The van der Waals surface area contributed by atoms with Crippen molar-refractivity contribution < 1.29 is 19.1 Å². The number of nitrogens with one attached hydrogen (secondary N) is 2. The van der Waals surface area contributed by atoms with Crippen molar-refractivity contribution in [3.63, 3.8) is 0 Å². The molecule has 154 valence electrons. The number of carbonyl (C=O) groups is 3. The summed E-state index contributed by atoms with van der Waals surface area (Å²) >= 11 is 0. The summed E-state index contributed by atoms with van der Waals surface area (Å²) in [7, 11) is 1.38. The van der Waals surface area contributed by atoms with Crippen LogP contribution in [-0.2, 0) is 9.53 Å². The van der Waals surface area contributed by atoms with E-state index in [0.29, 0.717) is 5.69 Å². The summed E-state index contributed by atoms with van der Waals surface area (Å²) in [6.45, 7) is 3.36. The van der Waals surface area contributed by atoms with Gasteiger partial charge in [0.15, 0.2) is 6.10 Å². The van der Waals surface area contributed by atoms with Gasteiger partial charge >= 0.3 is 12.0 Å². The van der Waals surface area contributed by atoms with Crippen LogP contribution in [0.5, 0.6) is 0 Å². The van der Waals surface area contributed by atoms with Crippen molar-refractivity contribution in [2.75, 3.05) is 7.05 Å². The minimum atomic E-state index is -1.17. The average Bonchev–Trinajstić information content (AvgIpc) is 3.20. The molecule has 0 saturated carbocycles. The summed E-state index contributed by atoms with van der Waals surface area (Å²) in [6.07, 6.45) is 0.400. The quantitative estimate of drug-likeness (QED) is 0.635. The Morgan fingerprint density at radius 3 is 2.33 bits per heavy atom. The number of esters is 1. The Balaban J connectivity index is 1.92. The highest BCUT2D eigenvalue weighted by Crippen LogP contribution is 2.25. The highest BCUT2D eigenvalue weighted by atomic mass is 16.5. The highest BCUT2D eigenvalue weighted by molar-refractivity contribution is 6.00. The lowest BCUT2D eigenvalue weighted by atomic mass is 10.1. The molecule has 30 heavy (non-hydrogen) atoms. The van der Waals surface area contributed by atoms with Gasteiger partial charge in [-0.2, -0.15) is 5.10 Å². The number of urea groups is 1. The summed E-state index contributed by atoms with van der Waals surface area (Å²) in [5, 5.41) is 8.92. The summed E-state index contributed by atoms with van der Waals surface area (Å²) in [4.78, 5) is 36.2. The molecule has 3 amide bonds. The second kappa shape index (κ2) is 9.04. The normalized spacial score (nSPS) is 11.4. The van der Waals surface area contributed by atoms with Crippen molar-refractivity contribution in [3.05, 3.63) is 71.9 Å². The first-order valence-corrected chi connectivity index (χ1v) is 9.34. The molecule has 1 unspecified atom stereocenters. The topological polar surface area (TPSA) is 102 Å². The first-order valence-electron chi connectivity index (χ1n) is 9.34. The number of amides is 3. The molecule has 0 fully saturated rings. The summed E-state index contributed by atoms with van der Waals surface area (Å²) < 4.78 is 6.88. The van der Waals surface area contributed by atoms with E-state index in [0.717, 1.165) is 16.8 Å². The van der Waals surface area contributed by atoms with E-state index in [1.807, 2.05) is 61.5 Å². The molecule has 0 bridgehead atoms. The van der Waals surface area contributed by atoms with Crippen LogP contribution in [0.4, 0.5) is 4.79 Å². The number of para-hydroxylation sites is 1. The molecule has 0 aliphatic rings. The van der Waals surface area contributed by atoms with Crippen LogP contribution in [0.3, 0.4) is 0 Å². The third-order valence-electron chi connectivity index (χ3n) is 4.40. The molecule has 1 atom stereocenters. The van der Waals surface area contributed by atoms with Crippen molar-refractivity contribution in [3.8, 4) is 16.9 Å². The van der Waals surface area contributed by atoms with E-state index in [1.54, 1.807) is 10.9 Å². The molecule has 0 saturated heterocycles. The Kier molecular flexibility index (Phi) is 6.26. The molecule has 3 rings (SSSR count). The monoisotopic (exact) mass is 406 g/mol. The van der Waals surface area contributed by atoms with E-state index < -0.39 is 24.0 Å². The van der Waals surface area contributed by atoms with Crippen molar-refractivity contribution in [2.24, 2.45) is 0 Å². The van der Waals surface area contributed by atoms with Gasteiger partial charge in [0.25, 0.3) is 5.91 Å². The molecule has 1 aromatic heterocycles. The summed E-state index contributed by atoms with van der Waals surface area (Å²) in [5.41, 5.74) is 3.23. The summed E-state index contributed by atoms with van der Waals surface area (Å²) in [5.74, 6) is -1.44. The lowest BCUT2D eigenvalue weighted by molar-refractivity contribution is -0.127. The van der Waals surface area contributed by atoms with Crippen LogP contribution in [-0.4, -0.2) is 40.8 Å². The number of aryl methyl sites for hydroxylation is 1. The van der Waals surface area contributed by atoms with Crippen molar-refractivity contribution in [2.45, 2.75) is 20.0 Å². The Bertz CT molecular complexity index is 1060. The van der Waals surface area contributed by atoms with Crippen LogP contribution in [0.25, 0.3) is 16.9 Å². The van der Waals surface area contributed by atoms with Gasteiger partial charge in [0.05, 0.1) is 5.69 Å². The number of hydrogen-bond donors (Lipinski definition) is 2. The Morgan fingerprint density at radius 2 is 1.70 bits per heavy atom. The summed E-state index contributed by atoms with van der Waals surface area (Å²) in [6, 6.07) is 16.2. The van der Waals surface area contributed by atoms with E-state index in [1.165, 1.54) is 14.0 Å². The van der Waals surface area contributed by atoms with Crippen LogP contribution in [0, 0.1) is 6.92 Å². The fourth-order valence-electron chi connectivity index (χ4n) is 2.71. The predicted octanol–water partition coefficient (Wildman–Crippen LogP) is 2.85. The van der Waals surface area contributed by atoms with Gasteiger partial charge in [-0.1, -0.05) is 48.0 Å². The Hall–Kier alpha value is -3.94. The number of benzene rings is 2. The second-order valence-corrected chi connectivity index (χ2v) is 6.65. The maximum absolute atomic E-state index is 12.9. The fourth-order valence-corrected chi connectivity index (χ4v) is 2.71. The van der Waals surface area contributed by atoms with E-state index >= 15 is 0 Å². The molecule has 0 aliphatic carbocycles. The van der Waals surface area contributed by atoms with Crippen LogP contribution in [0.2, 0.25) is 0 Å². The number of hydrogen-bond acceptors (Lipinski definition) is 5. The van der Waals surface area contributed by atoms with Crippen molar-refractivity contribution in [1.82, 2.24) is 20.4 Å². The molecule has 2 N–H and O–H groups in total. The first kappa shape index (κ1) is 20.8. The third kappa shape index (κ3) is 4.72. The fraction of sp³-hybridized carbons (Fsp3) is 0.182. The molecule has 2 aromatic carbocycles. The zero-order chi connectivity index (χ0) is 21.7. The van der Waals surface area contributed by atoms with Gasteiger partial charge in [-0.15, -0.1) is 0 Å². The molecule has 0 spiro atoms. The lowest BCUT2D eigenvalue weighted by Gasteiger charge is -2.12. The standard InChI is InChI=1S/C22H22N4O4/c1-14-9-11-16(12-10-14)19-18(13-26(25-19)17-7-5-4-6-8-17)21(28)30-15(2)20(27)24-22(29)23-3/h4-13,15H,1-3H3,(H2,23,24,27,29). The third-order valence-corrected chi connectivity index (χ3v) is 4.40. The van der Waals surface area contributed by atoms with Crippen molar-refractivity contribution in [1.29, 1.82) is 0 Å². The molecule has 8 nitrogen and oxygen atoms in total. The van der Waals surface area contributed by atoms with Crippen LogP contribution >= 0.6 is 0 Å². The largest absolute Gasteiger partial charge is 0.449 e. The van der Waals surface area contributed by atoms with Crippen LogP contribution < -0.4 is 10.6 Å². The maximum atomic E-state index is 12.9. The predicted molar refractivity (Wildman–Crippen MR) is 111 cm³/mol. The minimum Gasteiger partial charge on any atom is -0.449 e. The first-order chi connectivity index (χ1) is 14.4. The number of nitrogens with zero attached hydrogens (tertiary/aromatic N) is 2. The number of aromatic nitrogens is 2. The molecular weight excluding hydrogens is 384 g/mol. The van der Waals surface area contributed by atoms with E-state index in [2.05, 4.69) is 15.7 Å². The van der Waals surface area contributed by atoms with E-state index in [-0.39, 0.29) is 5.56 Å². The maximum Gasteiger partial charge on any atom is 0.342 e. The van der Waals surface area contributed by atoms with Crippen molar-refractivity contribution >= 4 is 17.9 Å². The number of carbonyl (C=O) groups excluding carboxylic acids is 3. The SMILES string of the molecule is CNC(=O)NC(=O)C(C)OC(=O)c1cn(-c2ccccc2)nc1-c1ccc(C)cc1. The van der Waals surface area contributed by atoms with Gasteiger partial charge in [-0.3, -0.25) is 10.1 Å². The van der Waals surface area contributed by atoms with E-state index in [9.17, 15) is 14.4 Å². The van der Waals surface area contributed by atoms with Crippen LogP contribution in [0.1, 0.15) is 22.8 Å². The Labute approximate surface area is 173 Å². The molecular formula is C22H22N4O4. The molecule has 0 aliphatic heterocycles. The highest BCUT2D eigenvalue weighted by Gasteiger charge is 2.25. The minimum absolute atomic E-state index is 0.210. The molecule has 8 heteroatoms. The van der Waals surface area contributed by atoms with Crippen LogP contribution in [0.15, 0.2) is 60.8 Å². The Morgan fingerprint density at radius 1 is 1.03 bits per heavy atom. The van der Waals surface area contributed by atoms with Gasteiger partial charge < -0.3 is 10.1 Å². The van der Waals surface area contributed by atoms with Gasteiger partial charge in [0.2, 0.25) is 0 Å². The van der Waals surface area contributed by atoms with Gasteiger partial charge in [-0.25, -0.2) is 14.3 Å². The molecule has 1 heterocycles. The smallest absolute Gasteiger partial charge is 0.342 e. The zero-order valence-corrected chi connectivity index (χ0v) is 16.9. The zero-order valence-electron chi connectivity index (χ0n) is 16.9. The van der Waals surface area contributed by atoms with Gasteiger partial charge in [-0.05, 0) is 26.0 Å². The van der Waals surface area contributed by atoms with E-state index in [4.69, 9.17) is 4.74 Å². The average molecular weight is 406 g/mol. The molecule has 0 radical (unpaired) electrons. The number of ether oxygens (including phenoxy) is 1. The van der Waals surface area contributed by atoms with Gasteiger partial charge in [0, 0.05) is 18.8 Å².